The molecule has 302 valence electrons. The van der Waals surface area contributed by atoms with Crippen molar-refractivity contribution < 1.29 is 9.47 Å². The van der Waals surface area contributed by atoms with E-state index >= 15 is 0 Å². The Hall–Kier alpha value is -2.84. The summed E-state index contributed by atoms with van der Waals surface area (Å²) in [7, 11) is 0. The molecular formula is C53H78O2. The Kier molecular flexibility index (Phi) is 19.5. The van der Waals surface area contributed by atoms with Crippen molar-refractivity contribution in [2.45, 2.75) is 175 Å². The van der Waals surface area contributed by atoms with Crippen molar-refractivity contribution in [1.29, 1.82) is 0 Å². The second-order valence-electron chi connectivity index (χ2n) is 18.0. The SMILES string of the molecule is CCCCOc1ccc(C#CC2CCC([C@H]3CC[C@H](CC)CC3)CC2)cc1.CCCCOc1ccc(C#CC2CCC([C@H]3CC[C@H](CCC)CC3)CC2)cc1. The molecule has 0 N–H and O–H groups in total. The van der Waals surface area contributed by atoms with Crippen LogP contribution in [-0.2, 0) is 0 Å². The molecular weight excluding hydrogens is 669 g/mol. The van der Waals surface area contributed by atoms with Gasteiger partial charge in [-0.05, 0) is 174 Å². The van der Waals surface area contributed by atoms with Crippen LogP contribution in [0, 0.1) is 71.0 Å². The Morgan fingerprint density at radius 1 is 0.436 bits per heavy atom. The van der Waals surface area contributed by atoms with E-state index in [0.717, 1.165) is 84.2 Å². The first kappa shape index (κ1) is 43.3. The molecule has 0 spiro atoms. The lowest BCUT2D eigenvalue weighted by atomic mass is 9.69. The number of benzene rings is 2. The maximum atomic E-state index is 5.74. The predicted octanol–water partition coefficient (Wildman–Crippen LogP) is 14.9. The van der Waals surface area contributed by atoms with Gasteiger partial charge in [-0.15, -0.1) is 0 Å². The van der Waals surface area contributed by atoms with Gasteiger partial charge in [0.15, 0.2) is 0 Å². The molecule has 0 unspecified atom stereocenters. The van der Waals surface area contributed by atoms with E-state index in [1.165, 1.54) is 135 Å². The molecule has 4 saturated carbocycles. The van der Waals surface area contributed by atoms with Crippen molar-refractivity contribution in [1.82, 2.24) is 0 Å². The van der Waals surface area contributed by atoms with Gasteiger partial charge < -0.3 is 9.47 Å². The van der Waals surface area contributed by atoms with E-state index in [9.17, 15) is 0 Å². The van der Waals surface area contributed by atoms with Crippen molar-refractivity contribution in [2.75, 3.05) is 13.2 Å². The van der Waals surface area contributed by atoms with E-state index in [4.69, 9.17) is 9.47 Å². The van der Waals surface area contributed by atoms with Gasteiger partial charge >= 0.3 is 0 Å². The zero-order chi connectivity index (χ0) is 38.5. The molecule has 6 rings (SSSR count). The van der Waals surface area contributed by atoms with Crippen molar-refractivity contribution in [3.63, 3.8) is 0 Å². The molecule has 0 heterocycles. The second-order valence-corrected chi connectivity index (χ2v) is 18.0. The highest BCUT2D eigenvalue weighted by Crippen LogP contribution is 2.43. The third kappa shape index (κ3) is 15.2. The van der Waals surface area contributed by atoms with Crippen LogP contribution < -0.4 is 9.47 Å². The molecule has 2 heteroatoms. The summed E-state index contributed by atoms with van der Waals surface area (Å²) in [6, 6.07) is 16.7. The van der Waals surface area contributed by atoms with E-state index in [1.54, 1.807) is 0 Å². The first-order valence-corrected chi connectivity index (χ1v) is 23.5. The molecule has 0 aliphatic heterocycles. The largest absolute Gasteiger partial charge is 0.494 e. The average Bonchev–Trinajstić information content (AvgIpc) is 3.24. The first-order valence-electron chi connectivity index (χ1n) is 23.5. The molecule has 55 heavy (non-hydrogen) atoms. The Morgan fingerprint density at radius 3 is 1.15 bits per heavy atom. The third-order valence-electron chi connectivity index (χ3n) is 14.0. The summed E-state index contributed by atoms with van der Waals surface area (Å²) in [6.07, 6.45) is 31.6. The minimum absolute atomic E-state index is 0.605. The summed E-state index contributed by atoms with van der Waals surface area (Å²) in [4.78, 5) is 0. The fourth-order valence-electron chi connectivity index (χ4n) is 10.2. The Labute approximate surface area is 339 Å². The van der Waals surface area contributed by atoms with Gasteiger partial charge in [-0.1, -0.05) is 109 Å². The number of rotatable bonds is 13. The van der Waals surface area contributed by atoms with Gasteiger partial charge in [-0.25, -0.2) is 0 Å². The zero-order valence-electron chi connectivity index (χ0n) is 35.7. The van der Waals surface area contributed by atoms with Gasteiger partial charge in [0, 0.05) is 23.0 Å². The van der Waals surface area contributed by atoms with Crippen LogP contribution in [0.15, 0.2) is 48.5 Å². The van der Waals surface area contributed by atoms with E-state index in [2.05, 4.69) is 99.9 Å². The molecule has 4 aliphatic rings. The summed E-state index contributed by atoms with van der Waals surface area (Å²) in [5.74, 6) is 23.2. The number of hydrogen-bond acceptors (Lipinski definition) is 2. The number of hydrogen-bond donors (Lipinski definition) is 0. The molecule has 4 aliphatic carbocycles. The maximum Gasteiger partial charge on any atom is 0.119 e. The van der Waals surface area contributed by atoms with Gasteiger partial charge in [-0.2, -0.15) is 0 Å². The summed E-state index contributed by atoms with van der Waals surface area (Å²) in [6.45, 7) is 10.7. The van der Waals surface area contributed by atoms with Crippen LogP contribution in [0.3, 0.4) is 0 Å². The summed E-state index contributed by atoms with van der Waals surface area (Å²) in [5, 5.41) is 0. The molecule has 0 aromatic heterocycles. The molecule has 0 saturated heterocycles. The van der Waals surface area contributed by atoms with E-state index < -0.39 is 0 Å². The minimum Gasteiger partial charge on any atom is -0.494 e. The third-order valence-corrected chi connectivity index (χ3v) is 14.0. The standard InChI is InChI=1S/C27H40O.C26H38O/c1-3-5-21-28-27-19-13-24(14-20-27)8-7-23-11-17-26(18-12-23)25-15-9-22(6-4-2)10-16-25;1-3-5-20-27-26-18-12-23(13-19-26)7-6-22-10-16-25(17-11-22)24-14-8-21(4-2)9-15-24/h13-14,19-20,22-23,25-26H,3-6,9-12,15-18,21H2,1-2H3;12-13,18-19,21-22,24-25H,3-5,8-11,14-17,20H2,1-2H3/t22-,23?,25-,26?;21-,22?,24-,25?. The fraction of sp³-hybridized carbons (Fsp3) is 0.698. The number of unbranched alkanes of at least 4 members (excludes halogenated alkanes) is 2. The van der Waals surface area contributed by atoms with Gasteiger partial charge in [0.2, 0.25) is 0 Å². The minimum atomic E-state index is 0.605. The van der Waals surface area contributed by atoms with Crippen LogP contribution in [0.2, 0.25) is 0 Å². The highest BCUT2D eigenvalue weighted by atomic mass is 16.5. The summed E-state index contributed by atoms with van der Waals surface area (Å²) >= 11 is 0. The van der Waals surface area contributed by atoms with E-state index in [-0.39, 0.29) is 0 Å². The number of ether oxygens (including phenoxy) is 2. The van der Waals surface area contributed by atoms with E-state index in [1.807, 2.05) is 0 Å². The predicted molar refractivity (Wildman–Crippen MR) is 234 cm³/mol. The van der Waals surface area contributed by atoms with Crippen LogP contribution in [0.4, 0.5) is 0 Å². The summed E-state index contributed by atoms with van der Waals surface area (Å²) in [5.41, 5.74) is 2.25. The van der Waals surface area contributed by atoms with Crippen LogP contribution in [-0.4, -0.2) is 13.2 Å². The Balaban J connectivity index is 0.000000211. The van der Waals surface area contributed by atoms with Crippen molar-refractivity contribution in [3.05, 3.63) is 59.7 Å². The fourth-order valence-corrected chi connectivity index (χ4v) is 10.2. The Bertz CT molecular complexity index is 1420. The molecule has 4 fully saturated rings. The van der Waals surface area contributed by atoms with Gasteiger partial charge in [-0.3, -0.25) is 0 Å². The van der Waals surface area contributed by atoms with E-state index in [0.29, 0.717) is 11.8 Å². The van der Waals surface area contributed by atoms with Crippen LogP contribution >= 0.6 is 0 Å². The van der Waals surface area contributed by atoms with Crippen LogP contribution in [0.1, 0.15) is 187 Å². The average molecular weight is 747 g/mol. The molecule has 0 bridgehead atoms. The van der Waals surface area contributed by atoms with Gasteiger partial charge in [0.1, 0.15) is 11.5 Å². The Morgan fingerprint density at radius 2 is 0.800 bits per heavy atom. The second kappa shape index (κ2) is 24.7. The monoisotopic (exact) mass is 747 g/mol. The van der Waals surface area contributed by atoms with Gasteiger partial charge in [0.25, 0.3) is 0 Å². The first-order chi connectivity index (χ1) is 27.1. The lowest BCUT2D eigenvalue weighted by molar-refractivity contribution is 0.154. The molecule has 2 nitrogen and oxygen atoms in total. The molecule has 0 radical (unpaired) electrons. The smallest absolute Gasteiger partial charge is 0.119 e. The van der Waals surface area contributed by atoms with Crippen molar-refractivity contribution in [3.8, 4) is 35.2 Å². The molecule has 2 aromatic rings. The van der Waals surface area contributed by atoms with Crippen LogP contribution in [0.25, 0.3) is 0 Å². The molecule has 0 amide bonds. The normalized spacial score (nSPS) is 27.9. The quantitative estimate of drug-likeness (QED) is 0.150. The van der Waals surface area contributed by atoms with Crippen molar-refractivity contribution >= 4 is 0 Å². The molecule has 2 aromatic carbocycles. The highest BCUT2D eigenvalue weighted by molar-refractivity contribution is 5.39. The topological polar surface area (TPSA) is 18.5 Å². The van der Waals surface area contributed by atoms with Crippen LogP contribution in [0.5, 0.6) is 11.5 Å². The lowest BCUT2D eigenvalue weighted by Crippen LogP contribution is -2.25. The highest BCUT2D eigenvalue weighted by Gasteiger charge is 2.31. The molecule has 0 atom stereocenters. The maximum absolute atomic E-state index is 5.74. The zero-order valence-corrected chi connectivity index (χ0v) is 35.7. The summed E-state index contributed by atoms with van der Waals surface area (Å²) < 4.78 is 11.5. The van der Waals surface area contributed by atoms with Gasteiger partial charge in [0.05, 0.1) is 13.2 Å². The van der Waals surface area contributed by atoms with Crippen molar-refractivity contribution in [2.24, 2.45) is 47.3 Å². The lowest BCUT2D eigenvalue weighted by Gasteiger charge is -2.37.